The molecule has 0 saturated heterocycles. The number of hydrogen-bond acceptors (Lipinski definition) is 3. The maximum Gasteiger partial charge on any atom is 0.503 e. The number of nitrogens with zero attached hydrogens (tertiary/aromatic N) is 2. The van der Waals surface area contributed by atoms with Gasteiger partial charge in [0.15, 0.2) is 5.56 Å². The standard InChI is InChI=1S/C18H15N2O3/c1-19-16(21)15-13-8-7-11-5-3-4-6-12(9-11)10-14(13)23-17(15)20(2)18(19)22/h3-8,10H,9H2,1-2H3/q+1. The Hall–Kier alpha value is -2.95. The minimum Gasteiger partial charge on any atom is -0.422 e. The summed E-state index contributed by atoms with van der Waals surface area (Å²) in [6.07, 6.45) is 14.7. The van der Waals surface area contributed by atoms with Crippen molar-refractivity contribution in [3.8, 4) is 0 Å². The first kappa shape index (κ1) is 13.7. The average molecular weight is 307 g/mol. The van der Waals surface area contributed by atoms with E-state index in [2.05, 4.69) is 6.08 Å². The minimum absolute atomic E-state index is 0.309. The Morgan fingerprint density at radius 1 is 1.13 bits per heavy atom. The van der Waals surface area contributed by atoms with Gasteiger partial charge in [-0.15, -0.1) is 0 Å². The van der Waals surface area contributed by atoms with Gasteiger partial charge >= 0.3 is 17.5 Å². The van der Waals surface area contributed by atoms with E-state index in [9.17, 15) is 9.59 Å². The van der Waals surface area contributed by atoms with Gasteiger partial charge in [0.25, 0.3) is 0 Å². The first-order valence-corrected chi connectivity index (χ1v) is 7.38. The molecule has 2 aliphatic carbocycles. The van der Waals surface area contributed by atoms with Gasteiger partial charge in [-0.1, -0.05) is 30.4 Å². The van der Waals surface area contributed by atoms with Gasteiger partial charge in [-0.05, 0) is 29.7 Å². The molecule has 0 atom stereocenters. The molecule has 1 aromatic rings. The molecule has 4 rings (SSSR count). The van der Waals surface area contributed by atoms with Crippen molar-refractivity contribution in [2.45, 2.75) is 6.42 Å². The van der Waals surface area contributed by atoms with Crippen LogP contribution in [0.3, 0.4) is 0 Å². The van der Waals surface area contributed by atoms with Gasteiger partial charge in [0, 0.05) is 5.56 Å². The second-order valence-corrected chi connectivity index (χ2v) is 5.79. The summed E-state index contributed by atoms with van der Waals surface area (Å²) >= 11 is 0. The van der Waals surface area contributed by atoms with Gasteiger partial charge in [0.2, 0.25) is 0 Å². The molecule has 0 radical (unpaired) electrons. The van der Waals surface area contributed by atoms with Gasteiger partial charge in [-0.3, -0.25) is 0 Å². The maximum absolute atomic E-state index is 12.5. The van der Waals surface area contributed by atoms with Gasteiger partial charge in [0.05, 0.1) is 14.1 Å². The summed E-state index contributed by atoms with van der Waals surface area (Å²) < 4.78 is 7.23. The van der Waals surface area contributed by atoms with E-state index in [-0.39, 0.29) is 5.91 Å². The van der Waals surface area contributed by atoms with Crippen LogP contribution in [0.4, 0.5) is 4.79 Å². The number of carbonyl (C=O) groups excluding carboxylic acids is 2. The zero-order chi connectivity index (χ0) is 16.1. The topological polar surface area (TPSA) is 53.5 Å². The molecule has 1 aromatic heterocycles. The highest BCUT2D eigenvalue weighted by Crippen LogP contribution is 2.21. The second-order valence-electron chi connectivity index (χ2n) is 5.79. The molecule has 2 bridgehead atoms. The number of imide groups is 1. The molecule has 3 amide bonds. The summed E-state index contributed by atoms with van der Waals surface area (Å²) in [6, 6.07) is -0.395. The Morgan fingerprint density at radius 3 is 2.65 bits per heavy atom. The Kier molecular flexibility index (Phi) is 2.84. The summed E-state index contributed by atoms with van der Waals surface area (Å²) in [6.45, 7) is 0. The molecule has 5 nitrogen and oxygen atoms in total. The minimum atomic E-state index is -0.395. The van der Waals surface area contributed by atoms with Crippen molar-refractivity contribution in [2.24, 2.45) is 0 Å². The van der Waals surface area contributed by atoms with Crippen molar-refractivity contribution in [3.63, 3.8) is 0 Å². The predicted octanol–water partition coefficient (Wildman–Crippen LogP) is 1.23. The van der Waals surface area contributed by atoms with E-state index < -0.39 is 6.03 Å². The third-order valence-electron chi connectivity index (χ3n) is 4.27. The number of amides is 3. The molecule has 5 heteroatoms. The Morgan fingerprint density at radius 2 is 1.87 bits per heavy atom. The summed E-state index contributed by atoms with van der Waals surface area (Å²) in [5.41, 5.74) is 4.32. The van der Waals surface area contributed by atoms with Crippen LogP contribution in [0.2, 0.25) is 0 Å². The molecule has 0 N–H and O–H groups in total. The Balaban J connectivity index is 2.10. The van der Waals surface area contributed by atoms with Crippen LogP contribution in [0.5, 0.6) is 0 Å². The zero-order valence-corrected chi connectivity index (χ0v) is 12.9. The molecule has 0 spiro atoms. The first-order valence-electron chi connectivity index (χ1n) is 7.38. The lowest BCUT2D eigenvalue weighted by Crippen LogP contribution is -2.51. The number of carbonyl (C=O) groups is 2. The highest BCUT2D eigenvalue weighted by molar-refractivity contribution is 6.08. The van der Waals surface area contributed by atoms with Crippen molar-refractivity contribution in [1.82, 2.24) is 9.48 Å². The normalized spacial score (nSPS) is 19.2. The molecule has 3 aliphatic rings. The number of furan rings is 1. The van der Waals surface area contributed by atoms with Crippen LogP contribution >= 0.6 is 0 Å². The average Bonchev–Trinajstić information content (AvgIpc) is 2.71. The highest BCUT2D eigenvalue weighted by Gasteiger charge is 2.40. The van der Waals surface area contributed by atoms with Gasteiger partial charge in [-0.2, -0.15) is 14.3 Å². The third-order valence-corrected chi connectivity index (χ3v) is 4.27. The molecular formula is C18H15N2O3+. The van der Waals surface area contributed by atoms with Crippen LogP contribution in [0.15, 0.2) is 45.9 Å². The first-order chi connectivity index (χ1) is 11.1. The Bertz CT molecular complexity index is 1000. The fourth-order valence-corrected chi connectivity index (χ4v) is 3.01. The van der Waals surface area contributed by atoms with Crippen LogP contribution < -0.4 is 15.5 Å². The molecule has 0 saturated carbocycles. The van der Waals surface area contributed by atoms with Crippen LogP contribution in [-0.2, 0) is 0 Å². The van der Waals surface area contributed by atoms with Crippen molar-refractivity contribution in [1.29, 1.82) is 0 Å². The SMILES string of the molecule is CN1C(=O)c2c3c(oc2=[N+](C)C1=O)=CC1=CC=CC=C(C=C3)C1. The monoisotopic (exact) mass is 307 g/mol. The zero-order valence-electron chi connectivity index (χ0n) is 12.9. The van der Waals surface area contributed by atoms with Gasteiger partial charge in [-0.25, -0.2) is 4.79 Å². The summed E-state index contributed by atoms with van der Waals surface area (Å²) in [7, 11) is 3.09. The molecular weight excluding hydrogens is 292 g/mol. The van der Waals surface area contributed by atoms with E-state index in [0.29, 0.717) is 16.5 Å². The molecule has 0 aromatic carbocycles. The van der Waals surface area contributed by atoms with E-state index in [0.717, 1.165) is 28.0 Å². The molecule has 114 valence electrons. The third kappa shape index (κ3) is 1.97. The lowest BCUT2D eigenvalue weighted by Gasteiger charge is -2.11. The second kappa shape index (κ2) is 4.78. The fraction of sp³-hybridized carbons (Fsp3) is 0.167. The van der Waals surface area contributed by atoms with E-state index in [1.807, 2.05) is 36.5 Å². The predicted molar refractivity (Wildman–Crippen MR) is 86.0 cm³/mol. The summed E-state index contributed by atoms with van der Waals surface area (Å²) in [5, 5.41) is 0. The fourth-order valence-electron chi connectivity index (χ4n) is 3.01. The number of allylic oxidation sites excluding steroid dienone is 7. The number of fused-ring (bicyclic) bond motifs is 5. The molecule has 2 heterocycles. The quantitative estimate of drug-likeness (QED) is 0.677. The number of rotatable bonds is 0. The molecule has 1 aliphatic heterocycles. The summed E-state index contributed by atoms with van der Waals surface area (Å²) in [4.78, 5) is 25.7. The van der Waals surface area contributed by atoms with E-state index in [4.69, 9.17) is 4.42 Å². The van der Waals surface area contributed by atoms with Gasteiger partial charge in [0.1, 0.15) is 5.42 Å². The van der Waals surface area contributed by atoms with Gasteiger partial charge < -0.3 is 4.42 Å². The van der Waals surface area contributed by atoms with Crippen molar-refractivity contribution in [2.75, 3.05) is 14.1 Å². The summed E-state index contributed by atoms with van der Waals surface area (Å²) in [5.74, 6) is -0.337. The lowest BCUT2D eigenvalue weighted by molar-refractivity contribution is 0.0808. The van der Waals surface area contributed by atoms with Crippen LogP contribution in [0, 0.1) is 0 Å². The van der Waals surface area contributed by atoms with E-state index in [1.165, 1.54) is 11.6 Å². The largest absolute Gasteiger partial charge is 0.503 e. The van der Waals surface area contributed by atoms with Crippen molar-refractivity contribution in [3.05, 3.63) is 63.6 Å². The number of hydrogen-bond donors (Lipinski definition) is 0. The molecule has 0 fully saturated rings. The highest BCUT2D eigenvalue weighted by atomic mass is 16.3. The van der Waals surface area contributed by atoms with E-state index in [1.54, 1.807) is 7.05 Å². The van der Waals surface area contributed by atoms with Crippen LogP contribution in [0.25, 0.3) is 12.2 Å². The Labute approximate surface area is 132 Å². The smallest absolute Gasteiger partial charge is 0.422 e. The van der Waals surface area contributed by atoms with Crippen LogP contribution in [-0.4, -0.2) is 30.9 Å². The number of urea groups is 1. The lowest BCUT2D eigenvalue weighted by atomic mass is 9.99. The molecule has 0 unspecified atom stereocenters. The van der Waals surface area contributed by atoms with E-state index >= 15 is 0 Å². The molecule has 23 heavy (non-hydrogen) atoms. The van der Waals surface area contributed by atoms with Crippen molar-refractivity contribution >= 4 is 24.1 Å². The van der Waals surface area contributed by atoms with Crippen LogP contribution in [0.1, 0.15) is 22.3 Å². The maximum atomic E-state index is 12.5. The van der Waals surface area contributed by atoms with Crippen molar-refractivity contribution < 1.29 is 14.0 Å².